The van der Waals surface area contributed by atoms with Crippen LogP contribution in [0.5, 0.6) is 0 Å². The maximum Gasteiger partial charge on any atom is 0.460 e. The molecule has 0 aromatic rings. The molecule has 0 fully saturated rings. The molecule has 0 unspecified atom stereocenters. The molecule has 1 N–H and O–H groups in total. The molecule has 0 aliphatic rings. The molecule has 23 heteroatoms. The minimum atomic E-state index is -8.99. The van der Waals surface area contributed by atoms with E-state index >= 15 is 0 Å². The Balaban J connectivity index is 6.91. The number of alkyl halides is 17. The van der Waals surface area contributed by atoms with E-state index in [0.717, 1.165) is 0 Å². The molecule has 0 saturated carbocycles. The molecular weight excluding hydrogens is 532 g/mol. The summed E-state index contributed by atoms with van der Waals surface area (Å²) in [5, 5.41) is 0. The molecular formula is C8HF18NO3S. The van der Waals surface area contributed by atoms with Crippen LogP contribution >= 0.6 is 0 Å². The van der Waals surface area contributed by atoms with Crippen LogP contribution in [0.1, 0.15) is 0 Å². The molecule has 0 aromatic heterocycles. The zero-order chi connectivity index (χ0) is 26.1. The van der Waals surface area contributed by atoms with Gasteiger partial charge in [0.15, 0.2) is 0 Å². The summed E-state index contributed by atoms with van der Waals surface area (Å²) in [5.74, 6) is -52.6. The third-order valence-electron chi connectivity index (χ3n) is 3.13. The van der Waals surface area contributed by atoms with Crippen molar-refractivity contribution in [2.75, 3.05) is 0 Å². The van der Waals surface area contributed by atoms with E-state index in [1.165, 1.54) is 0 Å². The normalized spacial score (nSPS) is 16.8. The highest BCUT2D eigenvalue weighted by Crippen LogP contribution is 2.64. The van der Waals surface area contributed by atoms with Crippen LogP contribution in [0.3, 0.4) is 0 Å². The Labute approximate surface area is 156 Å². The smallest absolute Gasteiger partial charge is 0.271 e. The van der Waals surface area contributed by atoms with E-state index in [1.807, 2.05) is 0 Å². The molecule has 0 atom stereocenters. The first-order chi connectivity index (χ1) is 12.9. The van der Waals surface area contributed by atoms with E-state index in [0.29, 0.717) is 0 Å². The SMILES string of the molecule is O=S(=O)(O)N(F)C(F)(F)C(F)(F)C(F)(F)C(F)(F)C(F)(F)C(F)(F)C(F)(F)C(F)(F)F. The number of rotatable bonds is 8. The van der Waals surface area contributed by atoms with Gasteiger partial charge < -0.3 is 0 Å². The third-order valence-corrected chi connectivity index (χ3v) is 3.76. The van der Waals surface area contributed by atoms with E-state index in [2.05, 4.69) is 0 Å². The minimum absolute atomic E-state index is 4.04. The highest BCUT2D eigenvalue weighted by atomic mass is 32.2. The average molecular weight is 533 g/mol. The maximum absolute atomic E-state index is 13.1. The number of nitrogens with zero attached hydrogens (tertiary/aromatic N) is 1. The molecule has 4 nitrogen and oxygen atoms in total. The first kappa shape index (κ1) is 29.6. The fourth-order valence-corrected chi connectivity index (χ4v) is 1.82. The van der Waals surface area contributed by atoms with Crippen molar-refractivity contribution in [2.45, 2.75) is 47.8 Å². The Morgan fingerprint density at radius 1 is 0.484 bits per heavy atom. The maximum atomic E-state index is 13.1. The standard InChI is InChI=1S/C8HF18NO3S/c9-1(10,3(13,14)5(17,18)7(21,22)23)2(11,12)4(15,16)6(19,20)8(24,25)27(26)31(28,29)30/h(H,28,29,30). The van der Waals surface area contributed by atoms with Gasteiger partial charge in [-0.1, -0.05) is 0 Å². The lowest BCUT2D eigenvalue weighted by Crippen LogP contribution is -2.75. The molecule has 188 valence electrons. The Morgan fingerprint density at radius 2 is 0.710 bits per heavy atom. The summed E-state index contributed by atoms with van der Waals surface area (Å²) in [6.07, 6.45) is -7.93. The number of halogens is 18. The number of hydrogen-bond acceptors (Lipinski definition) is 2. The van der Waals surface area contributed by atoms with Crippen molar-refractivity contribution in [3.8, 4) is 0 Å². The van der Waals surface area contributed by atoms with Gasteiger partial charge in [-0.15, -0.1) is 4.48 Å². The molecule has 0 heterocycles. The molecule has 31 heavy (non-hydrogen) atoms. The molecule has 0 aromatic carbocycles. The second kappa shape index (κ2) is 7.05. The van der Waals surface area contributed by atoms with Crippen LogP contribution in [0.25, 0.3) is 0 Å². The van der Waals surface area contributed by atoms with Gasteiger partial charge in [-0.3, -0.25) is 4.55 Å². The third kappa shape index (κ3) is 3.74. The van der Waals surface area contributed by atoms with Gasteiger partial charge in [-0.25, -0.2) is 0 Å². The molecule has 0 aliphatic heterocycles. The first-order valence-corrected chi connectivity index (χ1v) is 7.45. The van der Waals surface area contributed by atoms with Crippen molar-refractivity contribution in [1.29, 1.82) is 0 Å². The Morgan fingerprint density at radius 3 is 0.935 bits per heavy atom. The van der Waals surface area contributed by atoms with E-state index in [-0.39, 0.29) is 0 Å². The largest absolute Gasteiger partial charge is 0.460 e. The Kier molecular flexibility index (Phi) is 6.74. The van der Waals surface area contributed by atoms with Gasteiger partial charge in [-0.05, 0) is 0 Å². The Hall–Kier alpha value is -1.39. The monoisotopic (exact) mass is 533 g/mol. The molecule has 0 spiro atoms. The van der Waals surface area contributed by atoms with Crippen molar-refractivity contribution < 1.29 is 92.1 Å². The lowest BCUT2D eigenvalue weighted by Gasteiger charge is -2.42. The summed E-state index contributed by atoms with van der Waals surface area (Å²) in [7, 11) is -7.40. The quantitative estimate of drug-likeness (QED) is 0.208. The molecule has 0 saturated heterocycles. The molecule has 0 amide bonds. The van der Waals surface area contributed by atoms with Crippen LogP contribution in [0, 0.1) is 0 Å². The van der Waals surface area contributed by atoms with E-state index in [9.17, 15) is 87.5 Å². The highest BCUT2D eigenvalue weighted by Gasteiger charge is 2.96. The highest BCUT2D eigenvalue weighted by molar-refractivity contribution is 7.83. The minimum Gasteiger partial charge on any atom is -0.271 e. The molecule has 0 rings (SSSR count). The van der Waals surface area contributed by atoms with Crippen molar-refractivity contribution in [1.82, 2.24) is 4.53 Å². The van der Waals surface area contributed by atoms with Crippen LogP contribution in [0.4, 0.5) is 79.1 Å². The van der Waals surface area contributed by atoms with Crippen LogP contribution in [0.15, 0.2) is 0 Å². The zero-order valence-corrected chi connectivity index (χ0v) is 13.7. The predicted molar refractivity (Wildman–Crippen MR) is 55.2 cm³/mol. The second-order valence-electron chi connectivity index (χ2n) is 5.18. The number of hydrogen-bond donors (Lipinski definition) is 1. The fourth-order valence-electron chi connectivity index (χ4n) is 1.41. The summed E-state index contributed by atoms with van der Waals surface area (Å²) >= 11 is 0. The van der Waals surface area contributed by atoms with Gasteiger partial charge in [0.2, 0.25) is 0 Å². The van der Waals surface area contributed by atoms with Gasteiger partial charge in [0.25, 0.3) is 0 Å². The van der Waals surface area contributed by atoms with Gasteiger partial charge >= 0.3 is 58.1 Å². The zero-order valence-electron chi connectivity index (χ0n) is 12.9. The van der Waals surface area contributed by atoms with E-state index in [4.69, 9.17) is 4.55 Å². The molecule has 0 aliphatic carbocycles. The van der Waals surface area contributed by atoms with Crippen molar-refractivity contribution in [3.05, 3.63) is 0 Å². The predicted octanol–water partition coefficient (Wildman–Crippen LogP) is 4.94. The topological polar surface area (TPSA) is 57.6 Å². The summed E-state index contributed by atoms with van der Waals surface area (Å²) in [5.41, 5.74) is 0. The average Bonchev–Trinajstić information content (AvgIpc) is 2.50. The van der Waals surface area contributed by atoms with Crippen molar-refractivity contribution in [3.63, 3.8) is 0 Å². The van der Waals surface area contributed by atoms with Crippen molar-refractivity contribution in [2.24, 2.45) is 0 Å². The first-order valence-electron chi connectivity index (χ1n) is 6.05. The van der Waals surface area contributed by atoms with Crippen LogP contribution in [0.2, 0.25) is 0 Å². The van der Waals surface area contributed by atoms with Gasteiger partial charge in [0, 0.05) is 0 Å². The summed E-state index contributed by atoms with van der Waals surface area (Å²) in [6, 6.07) is -8.04. The summed E-state index contributed by atoms with van der Waals surface area (Å²) < 4.78 is 253. The van der Waals surface area contributed by atoms with E-state index in [1.54, 1.807) is 0 Å². The van der Waals surface area contributed by atoms with E-state index < -0.39 is 62.6 Å². The Bertz CT molecular complexity index is 784. The van der Waals surface area contributed by atoms with Gasteiger partial charge in [-0.2, -0.15) is 83.1 Å². The van der Waals surface area contributed by atoms with Crippen LogP contribution in [-0.2, 0) is 10.3 Å². The van der Waals surface area contributed by atoms with Crippen LogP contribution < -0.4 is 0 Å². The van der Waals surface area contributed by atoms with Gasteiger partial charge in [0.05, 0.1) is 4.53 Å². The van der Waals surface area contributed by atoms with Crippen molar-refractivity contribution >= 4 is 10.3 Å². The lowest BCUT2D eigenvalue weighted by atomic mass is 9.90. The van der Waals surface area contributed by atoms with Crippen LogP contribution in [-0.4, -0.2) is 65.3 Å². The summed E-state index contributed by atoms with van der Waals surface area (Å²) in [4.78, 5) is 0. The summed E-state index contributed by atoms with van der Waals surface area (Å²) in [6.45, 7) is 0. The molecule has 0 radical (unpaired) electrons. The van der Waals surface area contributed by atoms with Gasteiger partial charge in [0.1, 0.15) is 0 Å². The second-order valence-corrected chi connectivity index (χ2v) is 6.39. The molecule has 0 bridgehead atoms. The lowest BCUT2D eigenvalue weighted by molar-refractivity contribution is -0.469. The fraction of sp³-hybridized carbons (Fsp3) is 1.00.